The van der Waals surface area contributed by atoms with E-state index >= 15 is 0 Å². The molecule has 0 bridgehead atoms. The first-order valence-electron chi connectivity index (χ1n) is 6.03. The second-order valence-corrected chi connectivity index (χ2v) is 6.78. The molecule has 17 heavy (non-hydrogen) atoms. The number of hydrogen-bond acceptors (Lipinski definition) is 2. The van der Waals surface area contributed by atoms with Gasteiger partial charge < -0.3 is 10.1 Å². The second kappa shape index (κ2) is 5.77. The van der Waals surface area contributed by atoms with Gasteiger partial charge in [0, 0.05) is 19.8 Å². The Kier molecular flexibility index (Phi) is 5.11. The topological polar surface area (TPSA) is 38.3 Å². The quantitative estimate of drug-likeness (QED) is 0.576. The number of nitrogens with one attached hydrogen (secondary N) is 1. The lowest BCUT2D eigenvalue weighted by atomic mass is 10.1. The molecule has 1 aliphatic carbocycles. The average molecular weight is 282 g/mol. The predicted molar refractivity (Wildman–Crippen MR) is 70.4 cm³/mol. The van der Waals surface area contributed by atoms with E-state index in [1.54, 1.807) is 6.92 Å². The normalized spacial score (nSPS) is 26.0. The molecule has 0 spiro atoms. The Bertz CT molecular complexity index is 282. The van der Waals surface area contributed by atoms with Crippen molar-refractivity contribution in [1.29, 1.82) is 0 Å². The van der Waals surface area contributed by atoms with E-state index in [1.165, 1.54) is 0 Å². The van der Waals surface area contributed by atoms with Crippen LogP contribution in [-0.4, -0.2) is 30.0 Å². The average Bonchev–Trinajstić information content (AvgIpc) is 2.72. The third-order valence-corrected chi connectivity index (χ3v) is 4.06. The van der Waals surface area contributed by atoms with Gasteiger partial charge in [0.05, 0.1) is 5.41 Å². The fourth-order valence-electron chi connectivity index (χ4n) is 1.54. The van der Waals surface area contributed by atoms with E-state index in [-0.39, 0.29) is 5.91 Å². The molecule has 0 radical (unpaired) electrons. The predicted octanol–water partition coefficient (Wildman–Crippen LogP) is 2.75. The van der Waals surface area contributed by atoms with Gasteiger partial charge in [-0.2, -0.15) is 0 Å². The Balaban J connectivity index is 2.06. The van der Waals surface area contributed by atoms with Crippen LogP contribution in [0.15, 0.2) is 0 Å². The minimum absolute atomic E-state index is 0.0636. The number of carbonyl (C=O) groups excluding carboxylic acids is 1. The molecule has 0 aromatic carbocycles. The van der Waals surface area contributed by atoms with Gasteiger partial charge in [0.15, 0.2) is 0 Å². The van der Waals surface area contributed by atoms with E-state index in [4.69, 9.17) is 27.9 Å². The van der Waals surface area contributed by atoms with E-state index in [9.17, 15) is 4.79 Å². The molecule has 1 fully saturated rings. The Hall–Kier alpha value is 0.01000. The second-order valence-electron chi connectivity index (χ2n) is 5.29. The number of rotatable bonds is 7. The van der Waals surface area contributed by atoms with Crippen molar-refractivity contribution in [3.63, 3.8) is 0 Å². The first-order chi connectivity index (χ1) is 7.79. The van der Waals surface area contributed by atoms with Gasteiger partial charge in [-0.25, -0.2) is 0 Å². The summed E-state index contributed by atoms with van der Waals surface area (Å²) in [6, 6.07) is 0. The van der Waals surface area contributed by atoms with Crippen molar-refractivity contribution in [2.75, 3.05) is 19.8 Å². The smallest absolute Gasteiger partial charge is 0.229 e. The molecule has 5 heteroatoms. The minimum atomic E-state index is -0.884. The number of alkyl halides is 2. The molecule has 0 heterocycles. The van der Waals surface area contributed by atoms with Crippen LogP contribution in [0.1, 0.15) is 33.6 Å². The summed E-state index contributed by atoms with van der Waals surface area (Å²) >= 11 is 11.8. The van der Waals surface area contributed by atoms with Crippen molar-refractivity contribution < 1.29 is 9.53 Å². The monoisotopic (exact) mass is 281 g/mol. The van der Waals surface area contributed by atoms with Crippen molar-refractivity contribution in [1.82, 2.24) is 5.32 Å². The summed E-state index contributed by atoms with van der Waals surface area (Å²) in [4.78, 5) is 11.8. The summed E-state index contributed by atoms with van der Waals surface area (Å²) in [5.74, 6) is 0.481. The molecule has 1 atom stereocenters. The summed E-state index contributed by atoms with van der Waals surface area (Å²) in [6.07, 6.45) is 1.34. The van der Waals surface area contributed by atoms with Gasteiger partial charge in [-0.3, -0.25) is 4.79 Å². The molecular weight excluding hydrogens is 261 g/mol. The Morgan fingerprint density at radius 1 is 1.47 bits per heavy atom. The van der Waals surface area contributed by atoms with Crippen LogP contribution in [0.5, 0.6) is 0 Å². The van der Waals surface area contributed by atoms with Crippen LogP contribution in [-0.2, 0) is 9.53 Å². The third-order valence-electron chi connectivity index (χ3n) is 2.96. The summed E-state index contributed by atoms with van der Waals surface area (Å²) in [7, 11) is 0. The van der Waals surface area contributed by atoms with Crippen LogP contribution in [0.25, 0.3) is 0 Å². The van der Waals surface area contributed by atoms with Gasteiger partial charge in [0.25, 0.3) is 0 Å². The molecule has 1 amide bonds. The molecule has 1 aliphatic rings. The molecule has 0 aromatic heterocycles. The van der Waals surface area contributed by atoms with Crippen molar-refractivity contribution in [3.05, 3.63) is 0 Å². The molecule has 3 nitrogen and oxygen atoms in total. The van der Waals surface area contributed by atoms with Crippen molar-refractivity contribution in [2.45, 2.75) is 37.9 Å². The highest BCUT2D eigenvalue weighted by Crippen LogP contribution is 2.63. The SMILES string of the molecule is CC(C)COCCCNC(=O)C1(C)CC1(Cl)Cl. The molecule has 1 rings (SSSR count). The van der Waals surface area contributed by atoms with E-state index in [2.05, 4.69) is 19.2 Å². The Morgan fingerprint density at radius 2 is 2.06 bits per heavy atom. The molecule has 0 aliphatic heterocycles. The molecular formula is C12H21Cl2NO2. The van der Waals surface area contributed by atoms with Crippen LogP contribution in [0, 0.1) is 11.3 Å². The number of hydrogen-bond donors (Lipinski definition) is 1. The van der Waals surface area contributed by atoms with Crippen LogP contribution in [0.3, 0.4) is 0 Å². The van der Waals surface area contributed by atoms with E-state index in [0.717, 1.165) is 13.0 Å². The van der Waals surface area contributed by atoms with Gasteiger partial charge in [0.1, 0.15) is 4.33 Å². The molecule has 1 unspecified atom stereocenters. The van der Waals surface area contributed by atoms with Crippen LogP contribution < -0.4 is 5.32 Å². The number of carbonyl (C=O) groups is 1. The lowest BCUT2D eigenvalue weighted by Crippen LogP contribution is -2.34. The third kappa shape index (κ3) is 4.01. The van der Waals surface area contributed by atoms with E-state index in [1.807, 2.05) is 0 Å². The standard InChI is InChI=1S/C12H21Cl2NO2/c1-9(2)7-17-6-4-5-15-10(16)11(3)8-12(11,13)14/h9H,4-8H2,1-3H3,(H,15,16). The van der Waals surface area contributed by atoms with Gasteiger partial charge in [0.2, 0.25) is 5.91 Å². The molecule has 100 valence electrons. The number of amides is 1. The highest BCUT2D eigenvalue weighted by Gasteiger charge is 2.67. The van der Waals surface area contributed by atoms with Crippen molar-refractivity contribution in [3.8, 4) is 0 Å². The Morgan fingerprint density at radius 3 is 2.53 bits per heavy atom. The van der Waals surface area contributed by atoms with Gasteiger partial charge >= 0.3 is 0 Å². The lowest BCUT2D eigenvalue weighted by molar-refractivity contribution is -0.125. The highest BCUT2D eigenvalue weighted by atomic mass is 35.5. The summed E-state index contributed by atoms with van der Waals surface area (Å²) in [5, 5.41) is 2.84. The molecule has 0 saturated heterocycles. The van der Waals surface area contributed by atoms with Crippen molar-refractivity contribution in [2.24, 2.45) is 11.3 Å². The first kappa shape index (κ1) is 15.1. The number of halogens is 2. The first-order valence-corrected chi connectivity index (χ1v) is 6.79. The highest BCUT2D eigenvalue weighted by molar-refractivity contribution is 6.53. The zero-order valence-electron chi connectivity index (χ0n) is 10.7. The lowest BCUT2D eigenvalue weighted by Gasteiger charge is -2.12. The Labute approximate surface area is 113 Å². The maximum absolute atomic E-state index is 11.8. The maximum atomic E-state index is 11.8. The zero-order valence-corrected chi connectivity index (χ0v) is 12.2. The minimum Gasteiger partial charge on any atom is -0.381 e. The molecule has 1 saturated carbocycles. The summed E-state index contributed by atoms with van der Waals surface area (Å²) < 4.78 is 4.53. The van der Waals surface area contributed by atoms with E-state index < -0.39 is 9.75 Å². The van der Waals surface area contributed by atoms with Crippen LogP contribution >= 0.6 is 23.2 Å². The van der Waals surface area contributed by atoms with Crippen molar-refractivity contribution >= 4 is 29.1 Å². The molecule has 0 aromatic rings. The summed E-state index contributed by atoms with van der Waals surface area (Å²) in [6.45, 7) is 8.04. The van der Waals surface area contributed by atoms with Gasteiger partial charge in [-0.15, -0.1) is 23.2 Å². The van der Waals surface area contributed by atoms with Gasteiger partial charge in [-0.05, 0) is 25.7 Å². The fraction of sp³-hybridized carbons (Fsp3) is 0.917. The molecule has 1 N–H and O–H groups in total. The maximum Gasteiger partial charge on any atom is 0.229 e. The summed E-state index contributed by atoms with van der Waals surface area (Å²) in [5.41, 5.74) is -0.616. The number of ether oxygens (including phenoxy) is 1. The largest absolute Gasteiger partial charge is 0.381 e. The zero-order chi connectivity index (χ0) is 13.1. The van der Waals surface area contributed by atoms with Crippen LogP contribution in [0.4, 0.5) is 0 Å². The van der Waals surface area contributed by atoms with Gasteiger partial charge in [-0.1, -0.05) is 13.8 Å². The van der Waals surface area contributed by atoms with E-state index in [0.29, 0.717) is 25.5 Å². The van der Waals surface area contributed by atoms with Crippen LogP contribution in [0.2, 0.25) is 0 Å². The fourth-order valence-corrected chi connectivity index (χ4v) is 2.24.